The summed E-state index contributed by atoms with van der Waals surface area (Å²) in [6.07, 6.45) is 0. The Morgan fingerprint density at radius 3 is 1.32 bits per heavy atom. The van der Waals surface area contributed by atoms with Gasteiger partial charge in [0.15, 0.2) is 0 Å². The normalized spacial score (nSPS) is 11.0. The molecular weight excluding hydrogens is 280 g/mol. The van der Waals surface area contributed by atoms with E-state index in [1.807, 2.05) is 12.1 Å². The topological polar surface area (TPSA) is 106 Å². The van der Waals surface area contributed by atoms with E-state index in [1.165, 1.54) is 24.3 Å². The van der Waals surface area contributed by atoms with Gasteiger partial charge in [-0.2, -0.15) is 10.5 Å². The molecule has 22 heavy (non-hydrogen) atoms. The highest BCUT2D eigenvalue weighted by Crippen LogP contribution is 2.09. The fourth-order valence-corrected chi connectivity index (χ4v) is 1.54. The molecule has 0 atom stereocenters. The maximum Gasteiger partial charge on any atom is 0.252 e. The molecule has 1 aromatic rings. The molecule has 0 aliphatic carbocycles. The Bertz CT molecular complexity index is 602. The minimum Gasteiger partial charge on any atom is -0.334 e. The van der Waals surface area contributed by atoms with Crippen molar-refractivity contribution in [1.29, 1.82) is 10.5 Å². The van der Waals surface area contributed by atoms with Crippen molar-refractivity contribution in [2.75, 3.05) is 0 Å². The number of amides is 2. The van der Waals surface area contributed by atoms with Crippen molar-refractivity contribution in [1.82, 2.24) is 10.6 Å². The maximum atomic E-state index is 12.0. The Hall–Kier alpha value is -2.86. The van der Waals surface area contributed by atoms with Crippen LogP contribution in [0.15, 0.2) is 24.3 Å². The molecule has 0 saturated heterocycles. The molecule has 0 unspecified atom stereocenters. The van der Waals surface area contributed by atoms with Crippen LogP contribution >= 0.6 is 0 Å². The number of nitriles is 2. The van der Waals surface area contributed by atoms with E-state index in [-0.39, 0.29) is 0 Å². The van der Waals surface area contributed by atoms with Crippen LogP contribution in [0.1, 0.15) is 48.4 Å². The van der Waals surface area contributed by atoms with Gasteiger partial charge in [0, 0.05) is 11.1 Å². The number of nitrogens with one attached hydrogen (secondary N) is 2. The minimum atomic E-state index is -0.968. The van der Waals surface area contributed by atoms with Crippen molar-refractivity contribution in [3.05, 3.63) is 35.4 Å². The number of carbonyl (C=O) groups excluding carboxylic acids is 2. The number of nitrogens with zero attached hydrogens (tertiary/aromatic N) is 2. The standard InChI is InChI=1S/C16H18N4O2/c1-15(2,9-17)19-13(21)11-5-7-12(8-6-11)14(22)20-16(3,4)10-18/h5-8H,1-4H3,(H,19,21)(H,20,22). The summed E-state index contributed by atoms with van der Waals surface area (Å²) < 4.78 is 0. The lowest BCUT2D eigenvalue weighted by Gasteiger charge is -2.18. The smallest absolute Gasteiger partial charge is 0.252 e. The summed E-state index contributed by atoms with van der Waals surface area (Å²) in [7, 11) is 0. The number of hydrogen-bond donors (Lipinski definition) is 2. The van der Waals surface area contributed by atoms with Gasteiger partial charge in [0.1, 0.15) is 11.1 Å². The second-order valence-electron chi connectivity index (χ2n) is 5.96. The molecular formula is C16H18N4O2. The van der Waals surface area contributed by atoms with E-state index in [4.69, 9.17) is 10.5 Å². The van der Waals surface area contributed by atoms with E-state index in [0.29, 0.717) is 11.1 Å². The molecule has 2 N–H and O–H groups in total. The third kappa shape index (κ3) is 4.60. The van der Waals surface area contributed by atoms with E-state index in [2.05, 4.69) is 10.6 Å². The maximum absolute atomic E-state index is 12.0. The van der Waals surface area contributed by atoms with Gasteiger partial charge >= 0.3 is 0 Å². The van der Waals surface area contributed by atoms with Crippen LogP contribution in [0.2, 0.25) is 0 Å². The Balaban J connectivity index is 2.84. The molecule has 0 fully saturated rings. The molecule has 6 nitrogen and oxygen atoms in total. The van der Waals surface area contributed by atoms with Crippen molar-refractivity contribution >= 4 is 11.8 Å². The molecule has 1 aromatic carbocycles. The van der Waals surface area contributed by atoms with E-state index in [9.17, 15) is 9.59 Å². The summed E-state index contributed by atoms with van der Waals surface area (Å²) in [6.45, 7) is 6.38. The largest absolute Gasteiger partial charge is 0.334 e. The second kappa shape index (κ2) is 6.28. The van der Waals surface area contributed by atoms with Crippen LogP contribution < -0.4 is 10.6 Å². The van der Waals surface area contributed by atoms with Crippen molar-refractivity contribution in [3.8, 4) is 12.1 Å². The average Bonchev–Trinajstić information content (AvgIpc) is 2.46. The van der Waals surface area contributed by atoms with Gasteiger partial charge in [-0.3, -0.25) is 9.59 Å². The second-order valence-corrected chi connectivity index (χ2v) is 5.96. The monoisotopic (exact) mass is 298 g/mol. The molecule has 0 aliphatic rings. The van der Waals surface area contributed by atoms with Crippen LogP contribution in [0.3, 0.4) is 0 Å². The van der Waals surface area contributed by atoms with Gasteiger partial charge in [-0.15, -0.1) is 0 Å². The van der Waals surface area contributed by atoms with E-state index >= 15 is 0 Å². The first-order valence-electron chi connectivity index (χ1n) is 6.68. The fourth-order valence-electron chi connectivity index (χ4n) is 1.54. The Morgan fingerprint density at radius 1 is 0.818 bits per heavy atom. The van der Waals surface area contributed by atoms with Crippen LogP contribution in [-0.2, 0) is 0 Å². The predicted octanol–water partition coefficient (Wildman–Crippen LogP) is 1.75. The van der Waals surface area contributed by atoms with E-state index in [1.54, 1.807) is 27.7 Å². The lowest BCUT2D eigenvalue weighted by Crippen LogP contribution is -2.42. The Morgan fingerprint density at radius 2 is 1.09 bits per heavy atom. The Kier molecular flexibility index (Phi) is 4.90. The van der Waals surface area contributed by atoms with Crippen molar-refractivity contribution in [2.45, 2.75) is 38.8 Å². The molecule has 0 heterocycles. The van der Waals surface area contributed by atoms with E-state index < -0.39 is 22.9 Å². The van der Waals surface area contributed by atoms with Gasteiger partial charge in [0.2, 0.25) is 0 Å². The molecule has 114 valence electrons. The molecule has 0 spiro atoms. The molecule has 0 radical (unpaired) electrons. The van der Waals surface area contributed by atoms with Crippen LogP contribution in [0.5, 0.6) is 0 Å². The summed E-state index contributed by atoms with van der Waals surface area (Å²) in [5, 5.41) is 22.9. The molecule has 0 aliphatic heterocycles. The zero-order valence-corrected chi connectivity index (χ0v) is 13.0. The SMILES string of the molecule is CC(C)(C#N)NC(=O)c1ccc(C(=O)NC(C)(C)C#N)cc1. The van der Waals surface area contributed by atoms with Crippen LogP contribution in [-0.4, -0.2) is 22.9 Å². The molecule has 6 heteroatoms. The minimum absolute atomic E-state index is 0.347. The predicted molar refractivity (Wildman–Crippen MR) is 80.8 cm³/mol. The number of rotatable bonds is 4. The van der Waals surface area contributed by atoms with Gasteiger partial charge in [0.05, 0.1) is 12.1 Å². The summed E-state index contributed by atoms with van der Waals surface area (Å²) >= 11 is 0. The van der Waals surface area contributed by atoms with Gasteiger partial charge in [-0.05, 0) is 52.0 Å². The third-order valence-corrected chi connectivity index (χ3v) is 2.82. The summed E-state index contributed by atoms with van der Waals surface area (Å²) in [5.74, 6) is -0.785. The highest BCUT2D eigenvalue weighted by atomic mass is 16.2. The molecule has 0 aromatic heterocycles. The van der Waals surface area contributed by atoms with Crippen LogP contribution in [0, 0.1) is 22.7 Å². The van der Waals surface area contributed by atoms with Crippen molar-refractivity contribution in [2.24, 2.45) is 0 Å². The number of hydrogen-bond acceptors (Lipinski definition) is 4. The number of carbonyl (C=O) groups is 2. The average molecular weight is 298 g/mol. The molecule has 0 saturated carbocycles. The first kappa shape index (κ1) is 17.2. The summed E-state index contributed by atoms with van der Waals surface area (Å²) in [6, 6.07) is 9.94. The molecule has 2 amide bonds. The van der Waals surface area contributed by atoms with E-state index in [0.717, 1.165) is 0 Å². The first-order chi connectivity index (χ1) is 10.1. The third-order valence-electron chi connectivity index (χ3n) is 2.82. The van der Waals surface area contributed by atoms with Crippen molar-refractivity contribution < 1.29 is 9.59 Å². The molecule has 1 rings (SSSR count). The van der Waals surface area contributed by atoms with Crippen molar-refractivity contribution in [3.63, 3.8) is 0 Å². The van der Waals surface area contributed by atoms with Gasteiger partial charge in [0.25, 0.3) is 11.8 Å². The Labute approximate surface area is 129 Å². The quantitative estimate of drug-likeness (QED) is 0.883. The lowest BCUT2D eigenvalue weighted by molar-refractivity contribution is 0.0916. The van der Waals surface area contributed by atoms with Gasteiger partial charge in [-0.1, -0.05) is 0 Å². The zero-order valence-electron chi connectivity index (χ0n) is 13.0. The highest BCUT2D eigenvalue weighted by Gasteiger charge is 2.22. The highest BCUT2D eigenvalue weighted by molar-refractivity contribution is 5.98. The fraction of sp³-hybridized carbons (Fsp3) is 0.375. The summed E-state index contributed by atoms with van der Waals surface area (Å²) in [4.78, 5) is 23.9. The lowest BCUT2D eigenvalue weighted by atomic mass is 10.0. The van der Waals surface area contributed by atoms with Crippen LogP contribution in [0.4, 0.5) is 0 Å². The molecule has 0 bridgehead atoms. The zero-order chi connectivity index (χ0) is 17.0. The summed E-state index contributed by atoms with van der Waals surface area (Å²) in [5.41, 5.74) is -1.24. The first-order valence-corrected chi connectivity index (χ1v) is 6.68. The number of benzene rings is 1. The van der Waals surface area contributed by atoms with Gasteiger partial charge < -0.3 is 10.6 Å². The van der Waals surface area contributed by atoms with Crippen LogP contribution in [0.25, 0.3) is 0 Å². The van der Waals surface area contributed by atoms with Gasteiger partial charge in [-0.25, -0.2) is 0 Å².